The molecular weight excluding hydrogens is 224 g/mol. The molecule has 0 saturated carbocycles. The van der Waals surface area contributed by atoms with E-state index in [1.54, 1.807) is 0 Å². The highest BCUT2D eigenvalue weighted by atomic mass is 16.1. The molecule has 0 radical (unpaired) electrons. The molecule has 0 aliphatic carbocycles. The van der Waals surface area contributed by atoms with E-state index >= 15 is 0 Å². The van der Waals surface area contributed by atoms with Gasteiger partial charge in [-0.1, -0.05) is 25.1 Å². The van der Waals surface area contributed by atoms with Crippen molar-refractivity contribution in [3.63, 3.8) is 0 Å². The third kappa shape index (κ3) is 4.60. The molecule has 0 bridgehead atoms. The summed E-state index contributed by atoms with van der Waals surface area (Å²) in [5.41, 5.74) is 1.93. The third-order valence-electron chi connectivity index (χ3n) is 2.77. The lowest BCUT2D eigenvalue weighted by Crippen LogP contribution is -2.27. The lowest BCUT2D eigenvalue weighted by molar-refractivity contribution is -0.114. The molecule has 0 aromatic heterocycles. The Morgan fingerprint density at radius 2 is 2.17 bits per heavy atom. The van der Waals surface area contributed by atoms with Gasteiger partial charge < -0.3 is 10.6 Å². The summed E-state index contributed by atoms with van der Waals surface area (Å²) in [6.45, 7) is 4.32. The minimum atomic E-state index is -0.0573. The van der Waals surface area contributed by atoms with Crippen LogP contribution >= 0.6 is 0 Å². The molecule has 0 spiro atoms. The third-order valence-corrected chi connectivity index (χ3v) is 2.77. The number of amides is 1. The number of hydrogen-bond donors (Lipinski definition) is 2. The maximum Gasteiger partial charge on any atom is 0.221 e. The van der Waals surface area contributed by atoms with Gasteiger partial charge in [-0.2, -0.15) is 0 Å². The van der Waals surface area contributed by atoms with Gasteiger partial charge in [0, 0.05) is 31.6 Å². The van der Waals surface area contributed by atoms with Crippen LogP contribution in [0.5, 0.6) is 0 Å². The molecule has 18 heavy (non-hydrogen) atoms. The van der Waals surface area contributed by atoms with E-state index < -0.39 is 0 Å². The fourth-order valence-electron chi connectivity index (χ4n) is 1.74. The predicted octanol–water partition coefficient (Wildman–Crippen LogP) is 2.54. The lowest BCUT2D eigenvalue weighted by atomic mass is 10.1. The zero-order valence-corrected chi connectivity index (χ0v) is 11.0. The molecular formula is C15H20N2O. The van der Waals surface area contributed by atoms with Gasteiger partial charge >= 0.3 is 0 Å². The van der Waals surface area contributed by atoms with Crippen molar-refractivity contribution >= 4 is 11.6 Å². The molecule has 1 unspecified atom stereocenters. The number of carbonyl (C=O) groups is 1. The number of carbonyl (C=O) groups excluding carboxylic acids is 1. The fraction of sp³-hybridized carbons (Fsp3) is 0.400. The van der Waals surface area contributed by atoms with Crippen LogP contribution in [0.1, 0.15) is 32.3 Å². The molecule has 0 saturated heterocycles. The zero-order chi connectivity index (χ0) is 13.4. The Morgan fingerprint density at radius 3 is 2.78 bits per heavy atom. The molecule has 0 heterocycles. The number of terminal acetylenes is 1. The van der Waals surface area contributed by atoms with E-state index in [1.165, 1.54) is 6.92 Å². The van der Waals surface area contributed by atoms with E-state index in [-0.39, 0.29) is 5.91 Å². The number of anilines is 1. The largest absolute Gasteiger partial charge is 0.326 e. The number of hydrogen-bond acceptors (Lipinski definition) is 2. The summed E-state index contributed by atoms with van der Waals surface area (Å²) in [5, 5.41) is 6.23. The standard InChI is InChI=1S/C15H20N2O/c1-4-8-14(5-2)16-11-13-9-6-7-10-15(13)17-12(3)18/h1,6-7,9-10,14,16H,5,8,11H2,2-3H3,(H,17,18). The molecule has 96 valence electrons. The average Bonchev–Trinajstić information content (AvgIpc) is 2.35. The second-order valence-electron chi connectivity index (χ2n) is 4.23. The second kappa shape index (κ2) is 7.52. The maximum atomic E-state index is 11.1. The van der Waals surface area contributed by atoms with Gasteiger partial charge in [-0.3, -0.25) is 4.79 Å². The molecule has 3 heteroatoms. The van der Waals surface area contributed by atoms with E-state index in [0.717, 1.165) is 24.1 Å². The van der Waals surface area contributed by atoms with E-state index in [9.17, 15) is 4.79 Å². The van der Waals surface area contributed by atoms with E-state index in [2.05, 4.69) is 23.5 Å². The van der Waals surface area contributed by atoms with Crippen molar-refractivity contribution in [2.24, 2.45) is 0 Å². The van der Waals surface area contributed by atoms with Crippen molar-refractivity contribution in [3.05, 3.63) is 29.8 Å². The SMILES string of the molecule is C#CCC(CC)NCc1ccccc1NC(C)=O. The van der Waals surface area contributed by atoms with E-state index in [1.807, 2.05) is 24.3 Å². The normalized spacial score (nSPS) is 11.6. The number of rotatable bonds is 6. The highest BCUT2D eigenvalue weighted by Crippen LogP contribution is 2.15. The Hall–Kier alpha value is -1.79. The fourth-order valence-corrected chi connectivity index (χ4v) is 1.74. The Balaban J connectivity index is 2.66. The van der Waals surface area contributed by atoms with Gasteiger partial charge in [-0.15, -0.1) is 12.3 Å². The highest BCUT2D eigenvalue weighted by Gasteiger charge is 2.06. The Morgan fingerprint density at radius 1 is 1.44 bits per heavy atom. The van der Waals surface area contributed by atoms with E-state index in [0.29, 0.717) is 12.6 Å². The van der Waals surface area contributed by atoms with Gasteiger partial charge in [0.05, 0.1) is 0 Å². The first-order valence-electron chi connectivity index (χ1n) is 6.19. The summed E-state index contributed by atoms with van der Waals surface area (Å²) in [6, 6.07) is 8.10. The number of para-hydroxylation sites is 1. The Bertz CT molecular complexity index is 434. The molecule has 1 rings (SSSR count). The molecule has 2 N–H and O–H groups in total. The molecule has 0 aliphatic heterocycles. The lowest BCUT2D eigenvalue weighted by Gasteiger charge is -2.16. The minimum absolute atomic E-state index is 0.0573. The van der Waals surface area contributed by atoms with E-state index in [4.69, 9.17) is 6.42 Å². The monoisotopic (exact) mass is 244 g/mol. The zero-order valence-electron chi connectivity index (χ0n) is 11.0. The van der Waals surface area contributed by atoms with Crippen LogP contribution in [-0.4, -0.2) is 11.9 Å². The quantitative estimate of drug-likeness (QED) is 0.755. The maximum absolute atomic E-state index is 11.1. The molecule has 1 amide bonds. The first-order chi connectivity index (χ1) is 8.67. The molecule has 0 aliphatic rings. The summed E-state index contributed by atoms with van der Waals surface area (Å²) in [6.07, 6.45) is 7.04. The number of nitrogens with one attached hydrogen (secondary N) is 2. The van der Waals surface area contributed by atoms with Gasteiger partial charge in [-0.25, -0.2) is 0 Å². The van der Waals surface area contributed by atoms with Crippen molar-refractivity contribution in [1.82, 2.24) is 5.32 Å². The summed E-state index contributed by atoms with van der Waals surface area (Å²) >= 11 is 0. The first-order valence-corrected chi connectivity index (χ1v) is 6.19. The summed E-state index contributed by atoms with van der Waals surface area (Å²) in [7, 11) is 0. The number of benzene rings is 1. The molecule has 0 fully saturated rings. The van der Waals surface area contributed by atoms with Crippen molar-refractivity contribution < 1.29 is 4.79 Å². The van der Waals surface area contributed by atoms with Crippen LogP contribution in [0.15, 0.2) is 24.3 Å². The second-order valence-corrected chi connectivity index (χ2v) is 4.23. The van der Waals surface area contributed by atoms with Crippen LogP contribution < -0.4 is 10.6 Å². The topological polar surface area (TPSA) is 41.1 Å². The van der Waals surface area contributed by atoms with Crippen LogP contribution in [0.4, 0.5) is 5.69 Å². The van der Waals surface area contributed by atoms with Crippen molar-refractivity contribution in [2.45, 2.75) is 39.3 Å². The summed E-state index contributed by atoms with van der Waals surface area (Å²) in [5.74, 6) is 2.61. The van der Waals surface area contributed by atoms with Gasteiger partial charge in [0.2, 0.25) is 5.91 Å². The van der Waals surface area contributed by atoms with Gasteiger partial charge in [0.15, 0.2) is 0 Å². The summed E-state index contributed by atoms with van der Waals surface area (Å²) < 4.78 is 0. The average molecular weight is 244 g/mol. The van der Waals surface area contributed by atoms with Gasteiger partial charge in [0.25, 0.3) is 0 Å². The molecule has 1 aromatic carbocycles. The van der Waals surface area contributed by atoms with Gasteiger partial charge in [-0.05, 0) is 18.1 Å². The van der Waals surface area contributed by atoms with Crippen molar-refractivity contribution in [1.29, 1.82) is 0 Å². The minimum Gasteiger partial charge on any atom is -0.326 e. The molecule has 1 atom stereocenters. The molecule has 3 nitrogen and oxygen atoms in total. The molecule has 1 aromatic rings. The predicted molar refractivity (Wildman–Crippen MR) is 75.1 cm³/mol. The summed E-state index contributed by atoms with van der Waals surface area (Å²) in [4.78, 5) is 11.1. The highest BCUT2D eigenvalue weighted by molar-refractivity contribution is 5.89. The smallest absolute Gasteiger partial charge is 0.221 e. The van der Waals surface area contributed by atoms with Crippen molar-refractivity contribution in [3.8, 4) is 12.3 Å². The first kappa shape index (κ1) is 14.3. The Labute approximate surface area is 109 Å². The van der Waals surface area contributed by atoms with Crippen molar-refractivity contribution in [2.75, 3.05) is 5.32 Å². The van der Waals surface area contributed by atoms with Gasteiger partial charge in [0.1, 0.15) is 0 Å². The Kier molecular flexibility index (Phi) is 5.96. The van der Waals surface area contributed by atoms with Crippen LogP contribution in [0.25, 0.3) is 0 Å². The van der Waals surface area contributed by atoms with Crippen LogP contribution in [0.3, 0.4) is 0 Å². The van der Waals surface area contributed by atoms with Crippen LogP contribution in [0, 0.1) is 12.3 Å². The van der Waals surface area contributed by atoms with Crippen LogP contribution in [-0.2, 0) is 11.3 Å². The van der Waals surface area contributed by atoms with Crippen LogP contribution in [0.2, 0.25) is 0 Å².